The highest BCUT2D eigenvalue weighted by Crippen LogP contribution is 1.87. The molecular weight excluding hydrogens is 201 g/mol. The smallest absolute Gasteiger partial charge is 0.322 e. The lowest BCUT2D eigenvalue weighted by atomic mass is 10.3. The summed E-state index contributed by atoms with van der Waals surface area (Å²) in [6, 6.07) is -0.233. The zero-order valence-electron chi connectivity index (χ0n) is 7.30. The molecule has 3 nitrogen and oxygen atoms in total. The molecule has 0 saturated heterocycles. The number of carbonyl (C=O) groups excluding carboxylic acids is 1. The molecule has 1 atom stereocenters. The Bertz CT molecular complexity index is 122. The van der Waals surface area contributed by atoms with Gasteiger partial charge in [-0.2, -0.15) is 0 Å². The first-order chi connectivity index (χ1) is 5.22. The molecule has 1 unspecified atom stereocenters. The van der Waals surface area contributed by atoms with Gasteiger partial charge in [-0.3, -0.25) is 4.79 Å². The standard InChI is InChI=1S/C7H14ClNO2.ClH/c1-6(7(10)11-2)9-5-3-4-8;/h6,9H,3-5H2,1-2H3;1H. The monoisotopic (exact) mass is 215 g/mol. The molecule has 0 radical (unpaired) electrons. The molecule has 12 heavy (non-hydrogen) atoms. The predicted molar refractivity (Wildman–Crippen MR) is 52.1 cm³/mol. The Morgan fingerprint density at radius 2 is 2.25 bits per heavy atom. The molecule has 0 spiro atoms. The Balaban J connectivity index is 0. The van der Waals surface area contributed by atoms with Gasteiger partial charge in [0.2, 0.25) is 0 Å². The predicted octanol–water partition coefficient (Wildman–Crippen LogP) is 1.19. The maximum absolute atomic E-state index is 10.8. The van der Waals surface area contributed by atoms with Crippen molar-refractivity contribution in [2.75, 3.05) is 19.5 Å². The summed E-state index contributed by atoms with van der Waals surface area (Å²) in [6.07, 6.45) is 0.864. The number of nitrogens with one attached hydrogen (secondary N) is 1. The van der Waals surface area contributed by atoms with Crippen LogP contribution in [0.5, 0.6) is 0 Å². The molecule has 5 heteroatoms. The van der Waals surface area contributed by atoms with Crippen molar-refractivity contribution in [3.63, 3.8) is 0 Å². The summed E-state index contributed by atoms with van der Waals surface area (Å²) in [6.45, 7) is 2.51. The third-order valence-electron chi connectivity index (χ3n) is 1.32. The van der Waals surface area contributed by atoms with Crippen molar-refractivity contribution in [3.05, 3.63) is 0 Å². The zero-order valence-corrected chi connectivity index (χ0v) is 8.87. The summed E-state index contributed by atoms with van der Waals surface area (Å²) >= 11 is 5.44. The van der Waals surface area contributed by atoms with Crippen LogP contribution in [-0.4, -0.2) is 31.5 Å². The molecule has 0 aliphatic carbocycles. The Hall–Kier alpha value is 0.01000. The SMILES string of the molecule is COC(=O)C(C)NCCCCl.Cl. The third kappa shape index (κ3) is 6.70. The van der Waals surface area contributed by atoms with E-state index in [1.54, 1.807) is 6.92 Å². The zero-order chi connectivity index (χ0) is 8.69. The maximum Gasteiger partial charge on any atom is 0.322 e. The molecule has 0 aromatic carbocycles. The van der Waals surface area contributed by atoms with Gasteiger partial charge < -0.3 is 10.1 Å². The van der Waals surface area contributed by atoms with Crippen LogP contribution in [0.15, 0.2) is 0 Å². The molecule has 0 heterocycles. The van der Waals surface area contributed by atoms with Gasteiger partial charge in [0.05, 0.1) is 7.11 Å². The van der Waals surface area contributed by atoms with Gasteiger partial charge >= 0.3 is 5.97 Å². The first-order valence-corrected chi connectivity index (χ1v) is 4.13. The fourth-order valence-electron chi connectivity index (χ4n) is 0.645. The van der Waals surface area contributed by atoms with Crippen LogP contribution in [0.4, 0.5) is 0 Å². The number of alkyl halides is 1. The fourth-order valence-corrected chi connectivity index (χ4v) is 0.779. The highest BCUT2D eigenvalue weighted by Gasteiger charge is 2.10. The minimum absolute atomic E-state index is 0. The summed E-state index contributed by atoms with van der Waals surface area (Å²) in [4.78, 5) is 10.8. The number of methoxy groups -OCH3 is 1. The van der Waals surface area contributed by atoms with Crippen LogP contribution >= 0.6 is 24.0 Å². The average Bonchev–Trinajstić information content (AvgIpc) is 2.03. The van der Waals surface area contributed by atoms with Crippen LogP contribution < -0.4 is 5.32 Å². The molecule has 0 aliphatic heterocycles. The second-order valence-electron chi connectivity index (χ2n) is 2.24. The lowest BCUT2D eigenvalue weighted by Crippen LogP contribution is -2.35. The molecule has 74 valence electrons. The number of rotatable bonds is 5. The van der Waals surface area contributed by atoms with E-state index in [9.17, 15) is 4.79 Å². The number of halogens is 2. The minimum Gasteiger partial charge on any atom is -0.468 e. The lowest BCUT2D eigenvalue weighted by molar-refractivity contribution is -0.142. The normalized spacial score (nSPS) is 11.6. The number of hydrogen-bond donors (Lipinski definition) is 1. The van der Waals surface area contributed by atoms with Gasteiger partial charge in [0.1, 0.15) is 6.04 Å². The quantitative estimate of drug-likeness (QED) is 0.426. The van der Waals surface area contributed by atoms with Gasteiger partial charge in [0.15, 0.2) is 0 Å². The highest BCUT2D eigenvalue weighted by atomic mass is 35.5. The van der Waals surface area contributed by atoms with Crippen molar-refractivity contribution in [2.45, 2.75) is 19.4 Å². The summed E-state index contributed by atoms with van der Waals surface area (Å²) < 4.78 is 4.51. The van der Waals surface area contributed by atoms with Gasteiger partial charge in [-0.05, 0) is 19.9 Å². The van der Waals surface area contributed by atoms with Gasteiger partial charge in [-0.1, -0.05) is 0 Å². The number of hydrogen-bond acceptors (Lipinski definition) is 3. The summed E-state index contributed by atoms with van der Waals surface area (Å²) in [5, 5.41) is 2.98. The molecule has 0 aromatic rings. The highest BCUT2D eigenvalue weighted by molar-refractivity contribution is 6.17. The molecule has 1 N–H and O–H groups in total. The fraction of sp³-hybridized carbons (Fsp3) is 0.857. The van der Waals surface area contributed by atoms with Gasteiger partial charge in [0, 0.05) is 5.88 Å². The van der Waals surface area contributed by atoms with Gasteiger partial charge in [0.25, 0.3) is 0 Å². The minimum atomic E-state index is -0.237. The van der Waals surface area contributed by atoms with E-state index in [1.807, 2.05) is 0 Å². The molecule has 0 fully saturated rings. The van der Waals surface area contributed by atoms with E-state index in [2.05, 4.69) is 10.1 Å². The third-order valence-corrected chi connectivity index (χ3v) is 1.58. The molecular formula is C7H15Cl2NO2. The molecule has 0 bridgehead atoms. The van der Waals surface area contributed by atoms with E-state index < -0.39 is 0 Å². The van der Waals surface area contributed by atoms with E-state index in [4.69, 9.17) is 11.6 Å². The average molecular weight is 216 g/mol. The largest absolute Gasteiger partial charge is 0.468 e. The van der Waals surface area contributed by atoms with Crippen LogP contribution in [0, 0.1) is 0 Å². The molecule has 0 saturated carbocycles. The van der Waals surface area contributed by atoms with Crippen molar-refractivity contribution < 1.29 is 9.53 Å². The van der Waals surface area contributed by atoms with Crippen LogP contribution in [0.1, 0.15) is 13.3 Å². The van der Waals surface area contributed by atoms with Crippen LogP contribution in [-0.2, 0) is 9.53 Å². The maximum atomic E-state index is 10.8. The van der Waals surface area contributed by atoms with E-state index >= 15 is 0 Å². The Labute approximate surface area is 84.2 Å². The van der Waals surface area contributed by atoms with E-state index in [-0.39, 0.29) is 24.4 Å². The number of esters is 1. The Morgan fingerprint density at radius 1 is 1.67 bits per heavy atom. The van der Waals surface area contributed by atoms with E-state index in [0.29, 0.717) is 5.88 Å². The van der Waals surface area contributed by atoms with Crippen molar-refractivity contribution in [1.29, 1.82) is 0 Å². The first-order valence-electron chi connectivity index (χ1n) is 3.59. The van der Waals surface area contributed by atoms with Crippen LogP contribution in [0.25, 0.3) is 0 Å². The van der Waals surface area contributed by atoms with Gasteiger partial charge in [-0.25, -0.2) is 0 Å². The summed E-state index contributed by atoms with van der Waals surface area (Å²) in [7, 11) is 1.38. The van der Waals surface area contributed by atoms with Crippen molar-refractivity contribution in [2.24, 2.45) is 0 Å². The number of carbonyl (C=O) groups is 1. The van der Waals surface area contributed by atoms with Crippen molar-refractivity contribution in [3.8, 4) is 0 Å². The Morgan fingerprint density at radius 3 is 2.67 bits per heavy atom. The van der Waals surface area contributed by atoms with E-state index in [1.165, 1.54) is 7.11 Å². The van der Waals surface area contributed by atoms with E-state index in [0.717, 1.165) is 13.0 Å². The van der Waals surface area contributed by atoms with Crippen LogP contribution in [0.3, 0.4) is 0 Å². The second kappa shape index (κ2) is 9.10. The van der Waals surface area contributed by atoms with Gasteiger partial charge in [-0.15, -0.1) is 24.0 Å². The molecule has 0 rings (SSSR count). The lowest BCUT2D eigenvalue weighted by Gasteiger charge is -2.09. The topological polar surface area (TPSA) is 38.3 Å². The van der Waals surface area contributed by atoms with Crippen LogP contribution in [0.2, 0.25) is 0 Å². The van der Waals surface area contributed by atoms with Crippen molar-refractivity contribution >= 4 is 30.0 Å². The second-order valence-corrected chi connectivity index (χ2v) is 2.62. The molecule has 0 aromatic heterocycles. The summed E-state index contributed by atoms with van der Waals surface area (Å²) in [5.74, 6) is 0.375. The molecule has 0 aliphatic rings. The molecule has 0 amide bonds. The summed E-state index contributed by atoms with van der Waals surface area (Å²) in [5.41, 5.74) is 0. The Kier molecular flexibility index (Phi) is 11.0. The first kappa shape index (κ1) is 14.5. The number of ether oxygens (including phenoxy) is 1. The van der Waals surface area contributed by atoms with Crippen molar-refractivity contribution in [1.82, 2.24) is 5.32 Å².